The summed E-state index contributed by atoms with van der Waals surface area (Å²) in [6, 6.07) is -0.505. The monoisotopic (exact) mass is 282 g/mol. The van der Waals surface area contributed by atoms with Gasteiger partial charge in [0.05, 0.1) is 0 Å². The van der Waals surface area contributed by atoms with Gasteiger partial charge in [0.2, 0.25) is 5.91 Å². The molecule has 2 rings (SSSR count). The van der Waals surface area contributed by atoms with E-state index in [4.69, 9.17) is 0 Å². The van der Waals surface area contributed by atoms with E-state index in [1.54, 1.807) is 13.8 Å². The number of imide groups is 1. The molecule has 3 N–H and O–H groups in total. The molecule has 2 aliphatic heterocycles. The largest absolute Gasteiger partial charge is 0.354 e. The van der Waals surface area contributed by atoms with Crippen LogP contribution in [0.5, 0.6) is 0 Å². The summed E-state index contributed by atoms with van der Waals surface area (Å²) >= 11 is 0. The number of carbonyl (C=O) groups is 3. The highest BCUT2D eigenvalue weighted by Crippen LogP contribution is 2.20. The van der Waals surface area contributed by atoms with Gasteiger partial charge in [-0.25, -0.2) is 4.79 Å². The van der Waals surface area contributed by atoms with Crippen LogP contribution >= 0.6 is 0 Å². The smallest absolute Gasteiger partial charge is 0.325 e. The molecular formula is C13H22N4O3. The topological polar surface area (TPSA) is 90.5 Å². The fraction of sp³-hybridized carbons (Fsp3) is 0.769. The van der Waals surface area contributed by atoms with Gasteiger partial charge >= 0.3 is 6.03 Å². The maximum absolute atomic E-state index is 11.9. The van der Waals surface area contributed by atoms with Crippen LogP contribution in [0, 0.1) is 5.92 Å². The Morgan fingerprint density at radius 1 is 1.45 bits per heavy atom. The van der Waals surface area contributed by atoms with Crippen molar-refractivity contribution in [1.29, 1.82) is 0 Å². The first-order chi connectivity index (χ1) is 9.41. The molecule has 2 heterocycles. The van der Waals surface area contributed by atoms with Gasteiger partial charge in [0.1, 0.15) is 12.1 Å². The van der Waals surface area contributed by atoms with Crippen molar-refractivity contribution < 1.29 is 14.4 Å². The van der Waals surface area contributed by atoms with Crippen LogP contribution in [-0.4, -0.2) is 54.5 Å². The number of rotatable bonds is 4. The van der Waals surface area contributed by atoms with Gasteiger partial charge in [-0.2, -0.15) is 0 Å². The van der Waals surface area contributed by atoms with Crippen molar-refractivity contribution in [2.45, 2.75) is 32.2 Å². The van der Waals surface area contributed by atoms with E-state index in [2.05, 4.69) is 16.0 Å². The SMILES string of the molecule is CC1(C)C(=O)NC(=O)N1CC(=O)NCC1CCCNC1. The predicted molar refractivity (Wildman–Crippen MR) is 72.9 cm³/mol. The van der Waals surface area contributed by atoms with Crippen molar-refractivity contribution in [3.63, 3.8) is 0 Å². The average Bonchev–Trinajstić information content (AvgIpc) is 2.60. The number of nitrogens with one attached hydrogen (secondary N) is 3. The summed E-state index contributed by atoms with van der Waals surface area (Å²) in [6.45, 7) is 5.72. The first-order valence-corrected chi connectivity index (χ1v) is 7.01. The Labute approximate surface area is 118 Å². The molecule has 0 bridgehead atoms. The van der Waals surface area contributed by atoms with Crippen molar-refractivity contribution in [3.8, 4) is 0 Å². The zero-order valence-corrected chi connectivity index (χ0v) is 12.0. The molecule has 112 valence electrons. The number of hydrogen-bond acceptors (Lipinski definition) is 4. The Hall–Kier alpha value is -1.63. The van der Waals surface area contributed by atoms with Gasteiger partial charge in [0.25, 0.3) is 5.91 Å². The van der Waals surface area contributed by atoms with Crippen molar-refractivity contribution in [1.82, 2.24) is 20.9 Å². The second kappa shape index (κ2) is 5.78. The number of carbonyl (C=O) groups excluding carboxylic acids is 3. The first kappa shape index (κ1) is 14.8. The maximum atomic E-state index is 11.9. The van der Waals surface area contributed by atoms with E-state index in [-0.39, 0.29) is 18.4 Å². The summed E-state index contributed by atoms with van der Waals surface area (Å²) < 4.78 is 0. The lowest BCUT2D eigenvalue weighted by Gasteiger charge is -2.28. The molecule has 0 aromatic carbocycles. The molecule has 4 amide bonds. The standard InChI is InChI=1S/C13H22N4O3/c1-13(2)11(19)16-12(20)17(13)8-10(18)15-7-9-4-3-5-14-6-9/h9,14H,3-8H2,1-2H3,(H,15,18)(H,16,19,20). The second-order valence-corrected chi connectivity index (χ2v) is 5.92. The highest BCUT2D eigenvalue weighted by Gasteiger charge is 2.46. The number of amides is 4. The molecule has 0 radical (unpaired) electrons. The molecule has 2 aliphatic rings. The fourth-order valence-corrected chi connectivity index (χ4v) is 2.52. The summed E-state index contributed by atoms with van der Waals surface area (Å²) in [7, 11) is 0. The van der Waals surface area contributed by atoms with Crippen LogP contribution in [-0.2, 0) is 9.59 Å². The quantitative estimate of drug-likeness (QED) is 0.602. The lowest BCUT2D eigenvalue weighted by Crippen LogP contribution is -2.49. The molecular weight excluding hydrogens is 260 g/mol. The van der Waals surface area contributed by atoms with Crippen molar-refractivity contribution in [2.75, 3.05) is 26.2 Å². The van der Waals surface area contributed by atoms with Gasteiger partial charge in [0.15, 0.2) is 0 Å². The highest BCUT2D eigenvalue weighted by molar-refractivity contribution is 6.07. The van der Waals surface area contributed by atoms with E-state index in [9.17, 15) is 14.4 Å². The molecule has 1 unspecified atom stereocenters. The van der Waals surface area contributed by atoms with E-state index in [0.29, 0.717) is 12.5 Å². The predicted octanol–water partition coefficient (Wildman–Crippen LogP) is -0.567. The Morgan fingerprint density at radius 2 is 2.20 bits per heavy atom. The van der Waals surface area contributed by atoms with Gasteiger partial charge in [-0.15, -0.1) is 0 Å². The van der Waals surface area contributed by atoms with Crippen LogP contribution < -0.4 is 16.0 Å². The number of nitrogens with zero attached hydrogens (tertiary/aromatic N) is 1. The fourth-order valence-electron chi connectivity index (χ4n) is 2.52. The molecule has 1 atom stereocenters. The molecule has 7 nitrogen and oxygen atoms in total. The molecule has 7 heteroatoms. The normalized spacial score (nSPS) is 25.5. The lowest BCUT2D eigenvalue weighted by atomic mass is 10.00. The van der Waals surface area contributed by atoms with Gasteiger partial charge in [-0.3, -0.25) is 14.9 Å². The lowest BCUT2D eigenvalue weighted by molar-refractivity contribution is -0.127. The third-order valence-corrected chi connectivity index (χ3v) is 3.98. The van der Waals surface area contributed by atoms with Gasteiger partial charge in [0, 0.05) is 6.54 Å². The Morgan fingerprint density at radius 3 is 2.75 bits per heavy atom. The first-order valence-electron chi connectivity index (χ1n) is 7.01. The highest BCUT2D eigenvalue weighted by atomic mass is 16.2. The Kier molecular flexibility index (Phi) is 4.27. The van der Waals surface area contributed by atoms with E-state index >= 15 is 0 Å². The van der Waals surface area contributed by atoms with Crippen LogP contribution in [0.1, 0.15) is 26.7 Å². The summed E-state index contributed by atoms with van der Waals surface area (Å²) in [4.78, 5) is 36.4. The summed E-state index contributed by atoms with van der Waals surface area (Å²) in [5.41, 5.74) is -0.971. The molecule has 0 aromatic heterocycles. The number of piperidine rings is 1. The molecule has 2 fully saturated rings. The Bertz CT molecular complexity index is 416. The zero-order valence-electron chi connectivity index (χ0n) is 12.0. The van der Waals surface area contributed by atoms with Crippen molar-refractivity contribution in [2.24, 2.45) is 5.92 Å². The van der Waals surface area contributed by atoms with E-state index < -0.39 is 11.6 Å². The second-order valence-electron chi connectivity index (χ2n) is 5.92. The minimum Gasteiger partial charge on any atom is -0.354 e. The van der Waals surface area contributed by atoms with Gasteiger partial charge < -0.3 is 15.5 Å². The number of hydrogen-bond donors (Lipinski definition) is 3. The third kappa shape index (κ3) is 3.09. The molecule has 2 saturated heterocycles. The van der Waals surface area contributed by atoms with Gasteiger partial charge in [-0.1, -0.05) is 0 Å². The summed E-state index contributed by atoms with van der Waals surface area (Å²) in [5.74, 6) is -0.157. The van der Waals surface area contributed by atoms with Crippen LogP contribution in [0.15, 0.2) is 0 Å². The average molecular weight is 282 g/mol. The molecule has 0 aliphatic carbocycles. The van der Waals surface area contributed by atoms with Crippen molar-refractivity contribution in [3.05, 3.63) is 0 Å². The zero-order chi connectivity index (χ0) is 14.8. The van der Waals surface area contributed by atoms with Crippen molar-refractivity contribution >= 4 is 17.8 Å². The summed E-state index contributed by atoms with van der Waals surface area (Å²) in [5, 5.41) is 8.35. The minimum absolute atomic E-state index is 0.0925. The van der Waals surface area contributed by atoms with Crippen LogP contribution in [0.2, 0.25) is 0 Å². The maximum Gasteiger partial charge on any atom is 0.325 e. The molecule has 0 spiro atoms. The van der Waals surface area contributed by atoms with E-state index in [0.717, 1.165) is 25.9 Å². The third-order valence-electron chi connectivity index (χ3n) is 3.98. The summed E-state index contributed by atoms with van der Waals surface area (Å²) in [6.07, 6.45) is 2.22. The number of urea groups is 1. The van der Waals surface area contributed by atoms with E-state index in [1.807, 2.05) is 0 Å². The molecule has 0 aromatic rings. The minimum atomic E-state index is -0.971. The molecule has 0 saturated carbocycles. The Balaban J connectivity index is 1.82. The van der Waals surface area contributed by atoms with Crippen LogP contribution in [0.3, 0.4) is 0 Å². The van der Waals surface area contributed by atoms with Crippen LogP contribution in [0.25, 0.3) is 0 Å². The van der Waals surface area contributed by atoms with Crippen LogP contribution in [0.4, 0.5) is 4.79 Å². The molecule has 20 heavy (non-hydrogen) atoms. The van der Waals surface area contributed by atoms with Gasteiger partial charge in [-0.05, 0) is 45.7 Å². The van der Waals surface area contributed by atoms with E-state index in [1.165, 1.54) is 4.90 Å².